The maximum absolute atomic E-state index is 12.1. The minimum Gasteiger partial charge on any atom is -0.382 e. The van der Waals surface area contributed by atoms with Crippen LogP contribution in [0, 0.1) is 5.92 Å². The van der Waals surface area contributed by atoms with Crippen LogP contribution in [-0.2, 0) is 11.2 Å². The predicted molar refractivity (Wildman–Crippen MR) is 67.7 cm³/mol. The zero-order chi connectivity index (χ0) is 12.3. The lowest BCUT2D eigenvalue weighted by molar-refractivity contribution is -0.140. The number of hydrogen-bond donors (Lipinski definition) is 1. The van der Waals surface area contributed by atoms with Crippen LogP contribution in [0.1, 0.15) is 38.2 Å². The van der Waals surface area contributed by atoms with Crippen molar-refractivity contribution in [2.45, 2.75) is 44.6 Å². The molecule has 2 heteroatoms. The van der Waals surface area contributed by atoms with Crippen molar-refractivity contribution in [3.8, 4) is 0 Å². The highest BCUT2D eigenvalue weighted by Gasteiger charge is 2.38. The molecule has 1 aliphatic carbocycles. The molecule has 2 nitrogen and oxygen atoms in total. The zero-order valence-corrected chi connectivity index (χ0v) is 10.4. The van der Waals surface area contributed by atoms with Gasteiger partial charge in [0.25, 0.3) is 0 Å². The Labute approximate surface area is 103 Å². The first kappa shape index (κ1) is 12.3. The third-order valence-corrected chi connectivity index (χ3v) is 3.83. The molecule has 0 radical (unpaired) electrons. The molecule has 0 saturated heterocycles. The van der Waals surface area contributed by atoms with Gasteiger partial charge in [-0.25, -0.2) is 0 Å². The van der Waals surface area contributed by atoms with E-state index in [2.05, 4.69) is 6.92 Å². The summed E-state index contributed by atoms with van der Waals surface area (Å²) in [6, 6.07) is 9.66. The molecule has 0 aliphatic heterocycles. The summed E-state index contributed by atoms with van der Waals surface area (Å²) in [5.41, 5.74) is -0.0768. The zero-order valence-electron chi connectivity index (χ0n) is 10.4. The summed E-state index contributed by atoms with van der Waals surface area (Å²) in [5.74, 6) is 0.621. The summed E-state index contributed by atoms with van der Waals surface area (Å²) in [6.07, 6.45) is 3.51. The molecule has 0 heterocycles. The van der Waals surface area contributed by atoms with Crippen molar-refractivity contribution < 1.29 is 9.90 Å². The Morgan fingerprint density at radius 2 is 1.88 bits per heavy atom. The predicted octanol–water partition coefficient (Wildman–Crippen LogP) is 2.74. The van der Waals surface area contributed by atoms with Crippen molar-refractivity contribution in [1.29, 1.82) is 0 Å². The van der Waals surface area contributed by atoms with Gasteiger partial charge >= 0.3 is 0 Å². The van der Waals surface area contributed by atoms with Gasteiger partial charge in [-0.1, -0.05) is 37.3 Å². The molecule has 92 valence electrons. The average Bonchev–Trinajstić information content (AvgIpc) is 2.34. The highest BCUT2D eigenvalue weighted by atomic mass is 16.3. The summed E-state index contributed by atoms with van der Waals surface area (Å²) in [5, 5.41) is 10.4. The molecular weight excluding hydrogens is 212 g/mol. The number of ketones is 1. The van der Waals surface area contributed by atoms with Crippen molar-refractivity contribution in [1.82, 2.24) is 0 Å². The molecule has 1 aromatic carbocycles. The van der Waals surface area contributed by atoms with Gasteiger partial charge in [0.1, 0.15) is 5.60 Å². The fourth-order valence-corrected chi connectivity index (χ4v) is 2.46. The fourth-order valence-electron chi connectivity index (χ4n) is 2.46. The van der Waals surface area contributed by atoms with Crippen LogP contribution in [0.3, 0.4) is 0 Å². The van der Waals surface area contributed by atoms with Gasteiger partial charge < -0.3 is 5.11 Å². The second-order valence-corrected chi connectivity index (χ2v) is 5.30. The smallest absolute Gasteiger partial charge is 0.168 e. The lowest BCUT2D eigenvalue weighted by atomic mass is 9.76. The van der Waals surface area contributed by atoms with E-state index in [9.17, 15) is 9.90 Å². The minimum absolute atomic E-state index is 0.0180. The van der Waals surface area contributed by atoms with Crippen LogP contribution >= 0.6 is 0 Å². The first-order chi connectivity index (χ1) is 8.10. The van der Waals surface area contributed by atoms with E-state index in [1.807, 2.05) is 30.3 Å². The molecule has 0 spiro atoms. The maximum Gasteiger partial charge on any atom is 0.168 e. The van der Waals surface area contributed by atoms with Gasteiger partial charge in [-0.05, 0) is 37.2 Å². The monoisotopic (exact) mass is 232 g/mol. The fraction of sp³-hybridized carbons (Fsp3) is 0.533. The van der Waals surface area contributed by atoms with Crippen LogP contribution in [0.5, 0.6) is 0 Å². The molecule has 1 N–H and O–H groups in total. The van der Waals surface area contributed by atoms with Crippen LogP contribution < -0.4 is 0 Å². The molecule has 1 saturated carbocycles. The summed E-state index contributed by atoms with van der Waals surface area (Å²) in [6.45, 7) is 2.18. The van der Waals surface area contributed by atoms with Gasteiger partial charge in [0, 0.05) is 6.42 Å². The van der Waals surface area contributed by atoms with E-state index in [1.54, 1.807) is 0 Å². The molecule has 1 aromatic rings. The molecular formula is C15H20O2. The first-order valence-corrected chi connectivity index (χ1v) is 6.40. The Balaban J connectivity index is 2.00. The number of hydrogen-bond acceptors (Lipinski definition) is 2. The van der Waals surface area contributed by atoms with Crippen molar-refractivity contribution in [3.05, 3.63) is 35.9 Å². The third kappa shape index (κ3) is 2.95. The number of rotatable bonds is 3. The van der Waals surface area contributed by atoms with E-state index in [-0.39, 0.29) is 5.78 Å². The Morgan fingerprint density at radius 3 is 2.47 bits per heavy atom. The van der Waals surface area contributed by atoms with E-state index in [0.717, 1.165) is 18.4 Å². The highest BCUT2D eigenvalue weighted by Crippen LogP contribution is 2.33. The van der Waals surface area contributed by atoms with E-state index in [0.29, 0.717) is 25.2 Å². The van der Waals surface area contributed by atoms with E-state index in [1.165, 1.54) is 0 Å². The number of Topliss-reactive ketones (excluding diaryl/α,β-unsaturated/α-hetero) is 1. The minimum atomic E-state index is -1.07. The lowest BCUT2D eigenvalue weighted by Crippen LogP contribution is -2.42. The van der Waals surface area contributed by atoms with Crippen LogP contribution in [0.4, 0.5) is 0 Å². The topological polar surface area (TPSA) is 37.3 Å². The Bertz CT molecular complexity index is 375. The molecule has 0 unspecified atom stereocenters. The maximum atomic E-state index is 12.1. The largest absolute Gasteiger partial charge is 0.382 e. The van der Waals surface area contributed by atoms with Gasteiger partial charge in [-0.15, -0.1) is 0 Å². The Kier molecular flexibility index (Phi) is 3.63. The third-order valence-electron chi connectivity index (χ3n) is 3.83. The van der Waals surface area contributed by atoms with Crippen molar-refractivity contribution in [2.75, 3.05) is 0 Å². The lowest BCUT2D eigenvalue weighted by Gasteiger charge is -2.33. The quantitative estimate of drug-likeness (QED) is 0.870. The number of carbonyl (C=O) groups excluding carboxylic acids is 1. The second-order valence-electron chi connectivity index (χ2n) is 5.30. The van der Waals surface area contributed by atoms with Crippen molar-refractivity contribution in [2.24, 2.45) is 5.92 Å². The van der Waals surface area contributed by atoms with Gasteiger partial charge in [0.2, 0.25) is 0 Å². The average molecular weight is 232 g/mol. The molecule has 0 amide bonds. The molecule has 0 atom stereocenters. The van der Waals surface area contributed by atoms with Crippen LogP contribution in [0.15, 0.2) is 30.3 Å². The Morgan fingerprint density at radius 1 is 1.29 bits per heavy atom. The molecule has 0 bridgehead atoms. The van der Waals surface area contributed by atoms with Crippen LogP contribution in [0.25, 0.3) is 0 Å². The van der Waals surface area contributed by atoms with Crippen LogP contribution in [0.2, 0.25) is 0 Å². The normalized spacial score (nSPS) is 28.9. The van der Waals surface area contributed by atoms with Gasteiger partial charge in [0.05, 0.1) is 0 Å². The molecule has 2 rings (SSSR count). The molecule has 0 aromatic heterocycles. The first-order valence-electron chi connectivity index (χ1n) is 6.40. The number of aliphatic hydroxyl groups is 1. The molecule has 17 heavy (non-hydrogen) atoms. The Hall–Kier alpha value is -1.15. The van der Waals surface area contributed by atoms with E-state index < -0.39 is 5.60 Å². The standard InChI is InChI=1S/C15H20O2/c1-12-7-9-15(17,10-8-12)14(16)11-13-5-3-2-4-6-13/h2-6,12,17H,7-11H2,1H3. The highest BCUT2D eigenvalue weighted by molar-refractivity contribution is 5.89. The van der Waals surface area contributed by atoms with Gasteiger partial charge in [-0.3, -0.25) is 4.79 Å². The van der Waals surface area contributed by atoms with E-state index in [4.69, 9.17) is 0 Å². The SMILES string of the molecule is CC1CCC(O)(C(=O)Cc2ccccc2)CC1. The summed E-state index contributed by atoms with van der Waals surface area (Å²) >= 11 is 0. The molecule has 1 fully saturated rings. The van der Waals surface area contributed by atoms with Crippen molar-refractivity contribution in [3.63, 3.8) is 0 Å². The molecule has 1 aliphatic rings. The van der Waals surface area contributed by atoms with E-state index >= 15 is 0 Å². The van der Waals surface area contributed by atoms with Gasteiger partial charge in [0.15, 0.2) is 5.78 Å². The van der Waals surface area contributed by atoms with Gasteiger partial charge in [-0.2, -0.15) is 0 Å². The summed E-state index contributed by atoms with van der Waals surface area (Å²) in [7, 11) is 0. The van der Waals surface area contributed by atoms with Crippen molar-refractivity contribution >= 4 is 5.78 Å². The van der Waals surface area contributed by atoms with Crippen LogP contribution in [-0.4, -0.2) is 16.5 Å². The number of benzene rings is 1. The second kappa shape index (κ2) is 5.01. The number of carbonyl (C=O) groups is 1. The summed E-state index contributed by atoms with van der Waals surface area (Å²) in [4.78, 5) is 12.1. The summed E-state index contributed by atoms with van der Waals surface area (Å²) < 4.78 is 0.